The third-order valence-electron chi connectivity index (χ3n) is 3.76. The Kier molecular flexibility index (Phi) is 5.49. The minimum Gasteiger partial charge on any atom is -0.364 e. The first kappa shape index (κ1) is 16.6. The van der Waals surface area contributed by atoms with Gasteiger partial charge in [-0.2, -0.15) is 0 Å². The molecule has 0 spiro atoms. The third-order valence-corrected chi connectivity index (χ3v) is 4.31. The Morgan fingerprint density at radius 1 is 1.33 bits per heavy atom. The second-order valence-corrected chi connectivity index (χ2v) is 6.50. The van der Waals surface area contributed by atoms with E-state index in [1.807, 2.05) is 20.8 Å². The summed E-state index contributed by atoms with van der Waals surface area (Å²) < 4.78 is 5.71. The Labute approximate surface area is 135 Å². The SMILES string of the molecule is C[C@@H]1C[NH+]([C@@H](C)C(=O)Nc2ccc(Cl)cc2Cl)C[C@H](C)O1. The number of rotatable bonds is 3. The van der Waals surface area contributed by atoms with Crippen molar-refractivity contribution < 1.29 is 14.4 Å². The van der Waals surface area contributed by atoms with Gasteiger partial charge in [-0.05, 0) is 39.0 Å². The van der Waals surface area contributed by atoms with E-state index in [1.165, 1.54) is 4.90 Å². The van der Waals surface area contributed by atoms with Crippen molar-refractivity contribution in [1.82, 2.24) is 0 Å². The zero-order chi connectivity index (χ0) is 15.6. The highest BCUT2D eigenvalue weighted by molar-refractivity contribution is 6.36. The van der Waals surface area contributed by atoms with Crippen LogP contribution in [0.4, 0.5) is 5.69 Å². The van der Waals surface area contributed by atoms with E-state index >= 15 is 0 Å². The number of quaternary nitrogens is 1. The van der Waals surface area contributed by atoms with Crippen LogP contribution in [0.15, 0.2) is 18.2 Å². The molecule has 0 saturated carbocycles. The van der Waals surface area contributed by atoms with Gasteiger partial charge in [-0.15, -0.1) is 0 Å². The molecule has 0 bridgehead atoms. The van der Waals surface area contributed by atoms with Gasteiger partial charge < -0.3 is 15.0 Å². The van der Waals surface area contributed by atoms with E-state index in [1.54, 1.807) is 18.2 Å². The number of hydrogen-bond donors (Lipinski definition) is 2. The molecule has 4 atom stereocenters. The molecule has 1 saturated heterocycles. The second kappa shape index (κ2) is 6.97. The molecule has 0 aromatic heterocycles. The lowest BCUT2D eigenvalue weighted by Gasteiger charge is -2.35. The van der Waals surface area contributed by atoms with Gasteiger partial charge in [-0.3, -0.25) is 4.79 Å². The van der Waals surface area contributed by atoms with E-state index in [4.69, 9.17) is 27.9 Å². The van der Waals surface area contributed by atoms with Crippen molar-refractivity contribution in [3.8, 4) is 0 Å². The van der Waals surface area contributed by atoms with Gasteiger partial charge in [0.05, 0.1) is 10.7 Å². The molecule has 1 fully saturated rings. The maximum absolute atomic E-state index is 12.4. The lowest BCUT2D eigenvalue weighted by Crippen LogP contribution is -3.19. The van der Waals surface area contributed by atoms with Crippen molar-refractivity contribution in [3.63, 3.8) is 0 Å². The van der Waals surface area contributed by atoms with Gasteiger partial charge in [0.15, 0.2) is 6.04 Å². The van der Waals surface area contributed by atoms with Gasteiger partial charge in [0.2, 0.25) is 0 Å². The molecule has 1 heterocycles. The van der Waals surface area contributed by atoms with E-state index in [0.717, 1.165) is 13.1 Å². The van der Waals surface area contributed by atoms with E-state index in [9.17, 15) is 4.79 Å². The summed E-state index contributed by atoms with van der Waals surface area (Å²) in [6, 6.07) is 4.88. The van der Waals surface area contributed by atoms with Crippen LogP contribution in [0.5, 0.6) is 0 Å². The number of nitrogens with one attached hydrogen (secondary N) is 2. The molecule has 1 aliphatic rings. The number of morpholine rings is 1. The molecular weight excluding hydrogens is 311 g/mol. The monoisotopic (exact) mass is 331 g/mol. The highest BCUT2D eigenvalue weighted by Gasteiger charge is 2.33. The van der Waals surface area contributed by atoms with Crippen molar-refractivity contribution in [3.05, 3.63) is 28.2 Å². The number of anilines is 1. The number of ether oxygens (including phenoxy) is 1. The number of carbonyl (C=O) groups is 1. The summed E-state index contributed by atoms with van der Waals surface area (Å²) in [5, 5.41) is 3.87. The standard InChI is InChI=1S/C15H20Cl2N2O2/c1-9-7-19(8-10(2)21-9)11(3)15(20)18-14-5-4-12(16)6-13(14)17/h4-6,9-11H,7-8H2,1-3H3,(H,18,20)/p+1/t9-,10+,11-/m0/s1. The van der Waals surface area contributed by atoms with Gasteiger partial charge in [0.1, 0.15) is 25.3 Å². The van der Waals surface area contributed by atoms with E-state index in [0.29, 0.717) is 15.7 Å². The first-order valence-corrected chi connectivity index (χ1v) is 7.88. The lowest BCUT2D eigenvalue weighted by molar-refractivity contribution is -0.928. The summed E-state index contributed by atoms with van der Waals surface area (Å²) in [5.74, 6) is -0.0458. The number of halogens is 2. The molecule has 6 heteroatoms. The number of amides is 1. The third kappa shape index (κ3) is 4.33. The molecule has 2 N–H and O–H groups in total. The fraction of sp³-hybridized carbons (Fsp3) is 0.533. The molecule has 1 aromatic rings. The van der Waals surface area contributed by atoms with Gasteiger partial charge in [0.25, 0.3) is 5.91 Å². The van der Waals surface area contributed by atoms with Crippen LogP contribution in [0, 0.1) is 0 Å². The van der Waals surface area contributed by atoms with Crippen LogP contribution >= 0.6 is 23.2 Å². The van der Waals surface area contributed by atoms with Crippen LogP contribution in [-0.2, 0) is 9.53 Å². The molecule has 1 aliphatic heterocycles. The maximum atomic E-state index is 12.4. The molecule has 0 radical (unpaired) electrons. The Hall–Kier alpha value is -0.810. The second-order valence-electron chi connectivity index (χ2n) is 5.66. The van der Waals surface area contributed by atoms with Gasteiger partial charge >= 0.3 is 0 Å². The fourth-order valence-corrected chi connectivity index (χ4v) is 3.14. The fourth-order valence-electron chi connectivity index (χ4n) is 2.69. The van der Waals surface area contributed by atoms with Crippen molar-refractivity contribution in [1.29, 1.82) is 0 Å². The van der Waals surface area contributed by atoms with Crippen molar-refractivity contribution >= 4 is 34.8 Å². The molecule has 1 unspecified atom stereocenters. The molecule has 116 valence electrons. The normalized spacial score (nSPS) is 27.2. The molecule has 0 aliphatic carbocycles. The smallest absolute Gasteiger partial charge is 0.282 e. The Morgan fingerprint density at radius 2 is 1.95 bits per heavy atom. The number of carbonyl (C=O) groups excluding carboxylic acids is 1. The zero-order valence-corrected chi connectivity index (χ0v) is 14.0. The predicted octanol–water partition coefficient (Wildman–Crippen LogP) is 2.01. The summed E-state index contributed by atoms with van der Waals surface area (Å²) in [6.45, 7) is 7.66. The molecule has 2 rings (SSSR count). The minimum atomic E-state index is -0.162. The molecule has 4 nitrogen and oxygen atoms in total. The van der Waals surface area contributed by atoms with Crippen LogP contribution in [-0.4, -0.2) is 37.2 Å². The van der Waals surface area contributed by atoms with Crippen LogP contribution in [0.25, 0.3) is 0 Å². The summed E-state index contributed by atoms with van der Waals surface area (Å²) in [7, 11) is 0. The average Bonchev–Trinajstić information content (AvgIpc) is 2.40. The highest BCUT2D eigenvalue weighted by Crippen LogP contribution is 2.25. The Morgan fingerprint density at radius 3 is 2.52 bits per heavy atom. The van der Waals surface area contributed by atoms with E-state index in [2.05, 4.69) is 5.32 Å². The molecule has 21 heavy (non-hydrogen) atoms. The van der Waals surface area contributed by atoms with Crippen LogP contribution in [0.3, 0.4) is 0 Å². The quantitative estimate of drug-likeness (QED) is 0.889. The van der Waals surface area contributed by atoms with Crippen molar-refractivity contribution in [2.75, 3.05) is 18.4 Å². The summed E-state index contributed by atoms with van der Waals surface area (Å²) in [5.41, 5.74) is 0.590. The topological polar surface area (TPSA) is 42.8 Å². The van der Waals surface area contributed by atoms with E-state index in [-0.39, 0.29) is 24.2 Å². The summed E-state index contributed by atoms with van der Waals surface area (Å²) >= 11 is 11.9. The van der Waals surface area contributed by atoms with Crippen LogP contribution in [0.2, 0.25) is 10.0 Å². The average molecular weight is 332 g/mol. The highest BCUT2D eigenvalue weighted by atomic mass is 35.5. The number of hydrogen-bond acceptors (Lipinski definition) is 2. The first-order chi connectivity index (χ1) is 9.86. The van der Waals surface area contributed by atoms with Gasteiger partial charge in [-0.25, -0.2) is 0 Å². The lowest BCUT2D eigenvalue weighted by atomic mass is 10.1. The van der Waals surface area contributed by atoms with Crippen molar-refractivity contribution in [2.24, 2.45) is 0 Å². The summed E-state index contributed by atoms with van der Waals surface area (Å²) in [4.78, 5) is 13.6. The Balaban J connectivity index is 2.02. The molecular formula is C15H21Cl2N2O2+. The molecule has 1 amide bonds. The van der Waals surface area contributed by atoms with Crippen LogP contribution < -0.4 is 10.2 Å². The predicted molar refractivity (Wildman–Crippen MR) is 85.3 cm³/mol. The van der Waals surface area contributed by atoms with Gasteiger partial charge in [0, 0.05) is 5.02 Å². The minimum absolute atomic E-state index is 0.0458. The van der Waals surface area contributed by atoms with E-state index < -0.39 is 0 Å². The Bertz CT molecular complexity index is 514. The van der Waals surface area contributed by atoms with Crippen molar-refractivity contribution in [2.45, 2.75) is 39.0 Å². The summed E-state index contributed by atoms with van der Waals surface area (Å²) in [6.07, 6.45) is 0.330. The largest absolute Gasteiger partial charge is 0.364 e. The first-order valence-electron chi connectivity index (χ1n) is 7.12. The van der Waals surface area contributed by atoms with Gasteiger partial charge in [-0.1, -0.05) is 23.2 Å². The zero-order valence-electron chi connectivity index (χ0n) is 12.5. The molecule has 1 aromatic carbocycles. The maximum Gasteiger partial charge on any atom is 0.282 e. The number of benzene rings is 1. The van der Waals surface area contributed by atoms with Crippen LogP contribution in [0.1, 0.15) is 20.8 Å².